The molecule has 0 aliphatic heterocycles. The van der Waals surface area contributed by atoms with Gasteiger partial charge in [0.15, 0.2) is 0 Å². The minimum atomic E-state index is -3.65. The van der Waals surface area contributed by atoms with Crippen molar-refractivity contribution in [2.24, 2.45) is 0 Å². The van der Waals surface area contributed by atoms with E-state index in [-0.39, 0.29) is 10.8 Å². The van der Waals surface area contributed by atoms with E-state index in [1.54, 1.807) is 56.5 Å². The number of methoxy groups -OCH3 is 1. The van der Waals surface area contributed by atoms with Gasteiger partial charge in [0, 0.05) is 31.5 Å². The zero-order valence-electron chi connectivity index (χ0n) is 16.4. The van der Waals surface area contributed by atoms with Crippen LogP contribution in [0.25, 0.3) is 10.1 Å². The molecule has 29 heavy (non-hydrogen) atoms. The molecule has 8 heteroatoms. The van der Waals surface area contributed by atoms with Crippen molar-refractivity contribution in [1.29, 1.82) is 0 Å². The first-order chi connectivity index (χ1) is 14.0. The van der Waals surface area contributed by atoms with E-state index in [1.165, 1.54) is 15.6 Å². The Morgan fingerprint density at radius 1 is 1.14 bits per heavy atom. The van der Waals surface area contributed by atoms with Crippen LogP contribution in [-0.4, -0.2) is 41.1 Å². The van der Waals surface area contributed by atoms with Gasteiger partial charge in [-0.2, -0.15) is 0 Å². The number of sulfonamides is 1. The van der Waals surface area contributed by atoms with Crippen LogP contribution in [-0.2, 0) is 14.8 Å². The molecule has 1 N–H and O–H groups in total. The molecule has 2 aromatic carbocycles. The molecule has 3 rings (SSSR count). The largest absolute Gasteiger partial charge is 0.385 e. The molecule has 0 fully saturated rings. The number of benzene rings is 2. The Morgan fingerprint density at radius 2 is 1.90 bits per heavy atom. The summed E-state index contributed by atoms with van der Waals surface area (Å²) < 4.78 is 33.4. The molecule has 0 aliphatic carbocycles. The van der Waals surface area contributed by atoms with Crippen LogP contribution in [0, 0.1) is 0 Å². The molecular weight excluding hydrogens is 408 g/mol. The Labute approximate surface area is 175 Å². The summed E-state index contributed by atoms with van der Waals surface area (Å²) in [7, 11) is -2.03. The molecule has 0 aliphatic rings. The number of hydrogen-bond acceptors (Lipinski definition) is 5. The van der Waals surface area contributed by atoms with Gasteiger partial charge in [0.05, 0.1) is 15.5 Å². The summed E-state index contributed by atoms with van der Waals surface area (Å²) in [4.78, 5) is 13.2. The molecule has 1 heterocycles. The number of hydrogen-bond donors (Lipinski definition) is 1. The molecule has 0 atom stereocenters. The third kappa shape index (κ3) is 4.77. The normalized spacial score (nSPS) is 11.5. The van der Waals surface area contributed by atoms with Gasteiger partial charge in [-0.25, -0.2) is 8.42 Å². The Kier molecular flexibility index (Phi) is 6.89. The van der Waals surface area contributed by atoms with Crippen molar-refractivity contribution in [2.75, 3.05) is 31.1 Å². The fourth-order valence-corrected chi connectivity index (χ4v) is 5.46. The summed E-state index contributed by atoms with van der Waals surface area (Å²) in [5, 5.41) is 3.72. The molecule has 0 spiro atoms. The third-order valence-corrected chi connectivity index (χ3v) is 7.47. The predicted molar refractivity (Wildman–Crippen MR) is 117 cm³/mol. The van der Waals surface area contributed by atoms with Crippen LogP contribution in [0.2, 0.25) is 0 Å². The van der Waals surface area contributed by atoms with E-state index < -0.39 is 10.0 Å². The number of anilines is 1. The molecule has 1 aromatic heterocycles. The van der Waals surface area contributed by atoms with Crippen molar-refractivity contribution in [1.82, 2.24) is 5.32 Å². The Bertz CT molecular complexity index is 1080. The van der Waals surface area contributed by atoms with Crippen LogP contribution in [0.15, 0.2) is 59.5 Å². The van der Waals surface area contributed by atoms with E-state index in [2.05, 4.69) is 5.32 Å². The fourth-order valence-electron chi connectivity index (χ4n) is 3.01. The van der Waals surface area contributed by atoms with Crippen LogP contribution in [0.5, 0.6) is 0 Å². The van der Waals surface area contributed by atoms with Gasteiger partial charge in [-0.1, -0.05) is 18.2 Å². The highest BCUT2D eigenvalue weighted by atomic mass is 32.2. The number of nitrogens with one attached hydrogen (secondary N) is 1. The maximum absolute atomic E-state index is 13.0. The van der Waals surface area contributed by atoms with Gasteiger partial charge in [0.1, 0.15) is 0 Å². The van der Waals surface area contributed by atoms with Crippen molar-refractivity contribution >= 4 is 43.0 Å². The Hall–Kier alpha value is -2.42. The van der Waals surface area contributed by atoms with E-state index in [0.29, 0.717) is 30.3 Å². The second-order valence-electron chi connectivity index (χ2n) is 6.42. The first kappa shape index (κ1) is 21.3. The topological polar surface area (TPSA) is 75.7 Å². The van der Waals surface area contributed by atoms with Crippen molar-refractivity contribution < 1.29 is 17.9 Å². The zero-order valence-corrected chi connectivity index (χ0v) is 18.1. The zero-order chi connectivity index (χ0) is 20.9. The molecular formula is C21H24N2O4S2. The molecule has 6 nitrogen and oxygen atoms in total. The first-order valence-corrected chi connectivity index (χ1v) is 11.6. The molecule has 0 saturated carbocycles. The lowest BCUT2D eigenvalue weighted by Gasteiger charge is -2.23. The summed E-state index contributed by atoms with van der Waals surface area (Å²) in [5.74, 6) is -0.131. The highest BCUT2D eigenvalue weighted by molar-refractivity contribution is 7.92. The first-order valence-electron chi connectivity index (χ1n) is 9.36. The molecule has 3 aromatic rings. The van der Waals surface area contributed by atoms with Crippen LogP contribution in [0.1, 0.15) is 23.0 Å². The lowest BCUT2D eigenvalue weighted by Crippen LogP contribution is -2.30. The van der Waals surface area contributed by atoms with Crippen molar-refractivity contribution in [3.05, 3.63) is 59.5 Å². The van der Waals surface area contributed by atoms with Crippen LogP contribution in [0.4, 0.5) is 5.69 Å². The number of carbonyl (C=O) groups excluding carboxylic acids is 1. The highest BCUT2D eigenvalue weighted by Gasteiger charge is 2.23. The second kappa shape index (κ2) is 9.39. The minimum absolute atomic E-state index is 0.131. The van der Waals surface area contributed by atoms with Crippen LogP contribution < -0.4 is 9.62 Å². The summed E-state index contributed by atoms with van der Waals surface area (Å²) in [6.45, 7) is 3.25. The number of amides is 1. The van der Waals surface area contributed by atoms with Gasteiger partial charge < -0.3 is 10.1 Å². The summed E-state index contributed by atoms with van der Waals surface area (Å²) >= 11 is 1.39. The lowest BCUT2D eigenvalue weighted by atomic mass is 10.2. The SMILES string of the molecule is CCN(c1ccc2sc(C(=O)NCCCOC)cc2c1)S(=O)(=O)c1ccccc1. The van der Waals surface area contributed by atoms with E-state index >= 15 is 0 Å². The molecule has 1 amide bonds. The number of nitrogens with zero attached hydrogens (tertiary/aromatic N) is 1. The van der Waals surface area contributed by atoms with E-state index in [4.69, 9.17) is 4.74 Å². The molecule has 154 valence electrons. The van der Waals surface area contributed by atoms with Crippen molar-refractivity contribution in [3.63, 3.8) is 0 Å². The molecule has 0 bridgehead atoms. The highest BCUT2D eigenvalue weighted by Crippen LogP contribution is 2.31. The summed E-state index contributed by atoms with van der Waals surface area (Å²) in [5.41, 5.74) is 0.578. The minimum Gasteiger partial charge on any atom is -0.385 e. The lowest BCUT2D eigenvalue weighted by molar-refractivity contribution is 0.0952. The predicted octanol–water partition coefficient (Wildman–Crippen LogP) is 3.88. The van der Waals surface area contributed by atoms with Crippen LogP contribution in [0.3, 0.4) is 0 Å². The number of thiophene rings is 1. The van der Waals surface area contributed by atoms with Crippen molar-refractivity contribution in [2.45, 2.75) is 18.2 Å². The van der Waals surface area contributed by atoms with Crippen molar-refractivity contribution in [3.8, 4) is 0 Å². The quantitative estimate of drug-likeness (QED) is 0.521. The van der Waals surface area contributed by atoms with Gasteiger partial charge in [-0.15, -0.1) is 11.3 Å². The van der Waals surface area contributed by atoms with E-state index in [9.17, 15) is 13.2 Å². The molecule has 0 radical (unpaired) electrons. The monoisotopic (exact) mass is 432 g/mol. The van der Waals surface area contributed by atoms with Gasteiger partial charge in [-0.3, -0.25) is 9.10 Å². The number of rotatable bonds is 9. The van der Waals surface area contributed by atoms with Gasteiger partial charge in [0.2, 0.25) is 0 Å². The standard InChI is InChI=1S/C21H24N2O4S2/c1-3-23(29(25,26)18-8-5-4-6-9-18)17-10-11-19-16(14-17)15-20(28-19)21(24)22-12-7-13-27-2/h4-6,8-11,14-15H,3,7,12-13H2,1-2H3,(H,22,24). The number of fused-ring (bicyclic) bond motifs is 1. The van der Waals surface area contributed by atoms with E-state index in [1.807, 2.05) is 12.1 Å². The van der Waals surface area contributed by atoms with Gasteiger partial charge in [0.25, 0.3) is 15.9 Å². The number of carbonyl (C=O) groups is 1. The second-order valence-corrected chi connectivity index (χ2v) is 9.36. The van der Waals surface area contributed by atoms with E-state index in [0.717, 1.165) is 16.5 Å². The average molecular weight is 433 g/mol. The van der Waals surface area contributed by atoms with Crippen LogP contribution >= 0.6 is 11.3 Å². The van der Waals surface area contributed by atoms with Gasteiger partial charge >= 0.3 is 0 Å². The summed E-state index contributed by atoms with van der Waals surface area (Å²) in [6.07, 6.45) is 0.750. The summed E-state index contributed by atoms with van der Waals surface area (Å²) in [6, 6.07) is 15.6. The average Bonchev–Trinajstić information content (AvgIpc) is 3.16. The maximum atomic E-state index is 13.0. The molecule has 0 unspecified atom stereocenters. The smallest absolute Gasteiger partial charge is 0.264 e. The van der Waals surface area contributed by atoms with Gasteiger partial charge in [-0.05, 0) is 55.1 Å². The molecule has 0 saturated heterocycles. The fraction of sp³-hybridized carbons (Fsp3) is 0.286. The number of ether oxygens (including phenoxy) is 1. The Morgan fingerprint density at radius 3 is 2.59 bits per heavy atom. The maximum Gasteiger partial charge on any atom is 0.264 e. The Balaban J connectivity index is 1.86. The third-order valence-electron chi connectivity index (χ3n) is 4.44.